The highest BCUT2D eigenvalue weighted by atomic mass is 16.4. The van der Waals surface area contributed by atoms with Crippen LogP contribution in [0.3, 0.4) is 0 Å². The third-order valence-electron chi connectivity index (χ3n) is 4.26. The van der Waals surface area contributed by atoms with Crippen molar-refractivity contribution < 1.29 is 9.90 Å². The number of aromatic amines is 1. The Kier molecular flexibility index (Phi) is 4.08. The molecule has 24 heavy (non-hydrogen) atoms. The van der Waals surface area contributed by atoms with Crippen LogP contribution in [0.1, 0.15) is 27.2 Å². The van der Waals surface area contributed by atoms with Crippen LogP contribution in [-0.4, -0.2) is 16.1 Å². The number of carbonyl (C=O) groups is 1. The van der Waals surface area contributed by atoms with E-state index < -0.39 is 5.97 Å². The fourth-order valence-corrected chi connectivity index (χ4v) is 2.92. The summed E-state index contributed by atoms with van der Waals surface area (Å²) in [5.74, 6) is -1.17. The van der Waals surface area contributed by atoms with Crippen molar-refractivity contribution in [3.05, 3.63) is 75.1 Å². The number of aromatic carboxylic acids is 1. The Morgan fingerprint density at radius 2 is 1.83 bits per heavy atom. The first kappa shape index (κ1) is 15.8. The average molecular weight is 322 g/mol. The van der Waals surface area contributed by atoms with Crippen molar-refractivity contribution in [3.8, 4) is 0 Å². The molecule has 122 valence electrons. The lowest BCUT2D eigenvalue weighted by Gasteiger charge is -2.11. The SMILES string of the molecule is Cc1c(C(=O)O)[nH]c2c(N)ccc(CCc3ccccc3)c2c1=O. The quantitative estimate of drug-likeness (QED) is 0.643. The molecule has 1 heterocycles. The van der Waals surface area contributed by atoms with Gasteiger partial charge in [0.2, 0.25) is 0 Å². The Hall–Kier alpha value is -3.08. The number of aryl methyl sites for hydroxylation is 2. The predicted molar refractivity (Wildman–Crippen MR) is 94.5 cm³/mol. The molecule has 0 amide bonds. The minimum absolute atomic E-state index is 0.112. The monoisotopic (exact) mass is 322 g/mol. The van der Waals surface area contributed by atoms with Crippen LogP contribution in [0, 0.1) is 6.92 Å². The van der Waals surface area contributed by atoms with E-state index in [4.69, 9.17) is 5.73 Å². The maximum atomic E-state index is 12.7. The third kappa shape index (κ3) is 2.76. The lowest BCUT2D eigenvalue weighted by Crippen LogP contribution is -2.17. The highest BCUT2D eigenvalue weighted by Crippen LogP contribution is 2.23. The van der Waals surface area contributed by atoms with E-state index in [1.807, 2.05) is 36.4 Å². The maximum absolute atomic E-state index is 12.7. The molecule has 1 aromatic heterocycles. The molecule has 0 saturated carbocycles. The van der Waals surface area contributed by atoms with Gasteiger partial charge in [0, 0.05) is 5.56 Å². The number of nitrogen functional groups attached to an aromatic ring is 1. The van der Waals surface area contributed by atoms with Crippen LogP contribution >= 0.6 is 0 Å². The van der Waals surface area contributed by atoms with Crippen LogP contribution in [0.2, 0.25) is 0 Å². The molecule has 0 aliphatic heterocycles. The van der Waals surface area contributed by atoms with Crippen LogP contribution in [0.15, 0.2) is 47.3 Å². The van der Waals surface area contributed by atoms with Crippen molar-refractivity contribution in [2.75, 3.05) is 5.73 Å². The summed E-state index contributed by atoms with van der Waals surface area (Å²) >= 11 is 0. The molecule has 0 aliphatic rings. The number of H-pyrrole nitrogens is 1. The smallest absolute Gasteiger partial charge is 0.352 e. The van der Waals surface area contributed by atoms with Gasteiger partial charge in [0.25, 0.3) is 0 Å². The summed E-state index contributed by atoms with van der Waals surface area (Å²) < 4.78 is 0. The van der Waals surface area contributed by atoms with Crippen molar-refractivity contribution in [1.82, 2.24) is 4.98 Å². The highest BCUT2D eigenvalue weighted by Gasteiger charge is 2.17. The Labute approximate surface area is 138 Å². The number of hydrogen-bond donors (Lipinski definition) is 3. The fourth-order valence-electron chi connectivity index (χ4n) is 2.92. The summed E-state index contributed by atoms with van der Waals surface area (Å²) in [6.45, 7) is 1.52. The minimum Gasteiger partial charge on any atom is -0.477 e. The highest BCUT2D eigenvalue weighted by molar-refractivity contribution is 5.97. The zero-order valence-corrected chi connectivity index (χ0v) is 13.3. The molecule has 0 spiro atoms. The van der Waals surface area contributed by atoms with Crippen molar-refractivity contribution in [2.45, 2.75) is 19.8 Å². The Bertz CT molecular complexity index is 975. The minimum atomic E-state index is -1.17. The van der Waals surface area contributed by atoms with Gasteiger partial charge in [0.05, 0.1) is 16.6 Å². The second kappa shape index (κ2) is 6.20. The number of nitrogens with two attached hydrogens (primary N) is 1. The molecule has 0 radical (unpaired) electrons. The van der Waals surface area contributed by atoms with Crippen LogP contribution in [-0.2, 0) is 12.8 Å². The van der Waals surface area contributed by atoms with Gasteiger partial charge in [0.1, 0.15) is 5.69 Å². The topological polar surface area (TPSA) is 96.2 Å². The predicted octanol–water partition coefficient (Wildman–Crippen LogP) is 2.90. The number of carboxylic acid groups (broad SMARTS) is 1. The zero-order valence-electron chi connectivity index (χ0n) is 13.3. The molecule has 0 aliphatic carbocycles. The van der Waals surface area contributed by atoms with E-state index in [9.17, 15) is 14.7 Å². The molecule has 5 nitrogen and oxygen atoms in total. The second-order valence-corrected chi connectivity index (χ2v) is 5.81. The molecular weight excluding hydrogens is 304 g/mol. The maximum Gasteiger partial charge on any atom is 0.352 e. The van der Waals surface area contributed by atoms with E-state index in [-0.39, 0.29) is 16.7 Å². The van der Waals surface area contributed by atoms with Crippen LogP contribution in [0.25, 0.3) is 10.9 Å². The first-order valence-electron chi connectivity index (χ1n) is 7.70. The number of benzene rings is 2. The van der Waals surface area contributed by atoms with Crippen LogP contribution in [0.4, 0.5) is 5.69 Å². The standard InChI is InChI=1S/C19H18N2O3/c1-11-16(19(23)24)21-17-14(20)10-9-13(15(17)18(11)22)8-7-12-5-3-2-4-6-12/h2-6,9-10H,7-8,20H2,1H3,(H,21,22)(H,23,24). The molecule has 0 unspecified atom stereocenters. The number of pyridine rings is 1. The van der Waals surface area contributed by atoms with Gasteiger partial charge in [-0.1, -0.05) is 36.4 Å². The number of rotatable bonds is 4. The van der Waals surface area contributed by atoms with Gasteiger partial charge < -0.3 is 15.8 Å². The third-order valence-corrected chi connectivity index (χ3v) is 4.26. The summed E-state index contributed by atoms with van der Waals surface area (Å²) in [5.41, 5.74) is 8.57. The second-order valence-electron chi connectivity index (χ2n) is 5.81. The number of carboxylic acids is 1. The molecule has 4 N–H and O–H groups in total. The summed E-state index contributed by atoms with van der Waals surface area (Å²) in [4.78, 5) is 26.8. The van der Waals surface area contributed by atoms with Gasteiger partial charge >= 0.3 is 5.97 Å². The van der Waals surface area contributed by atoms with Gasteiger partial charge in [-0.3, -0.25) is 4.79 Å². The largest absolute Gasteiger partial charge is 0.477 e. The van der Waals surface area contributed by atoms with Crippen molar-refractivity contribution in [3.63, 3.8) is 0 Å². The molecule has 3 aromatic rings. The average Bonchev–Trinajstić information content (AvgIpc) is 2.58. The van der Waals surface area contributed by atoms with E-state index >= 15 is 0 Å². The van der Waals surface area contributed by atoms with Gasteiger partial charge in [-0.25, -0.2) is 4.79 Å². The van der Waals surface area contributed by atoms with E-state index in [1.165, 1.54) is 12.5 Å². The number of aromatic nitrogens is 1. The van der Waals surface area contributed by atoms with E-state index in [0.29, 0.717) is 23.0 Å². The van der Waals surface area contributed by atoms with Gasteiger partial charge in [-0.05, 0) is 37.0 Å². The lowest BCUT2D eigenvalue weighted by atomic mass is 9.98. The molecule has 2 aromatic carbocycles. The van der Waals surface area contributed by atoms with Gasteiger partial charge in [-0.15, -0.1) is 0 Å². The van der Waals surface area contributed by atoms with Gasteiger partial charge in [-0.2, -0.15) is 0 Å². The Morgan fingerprint density at radius 3 is 2.50 bits per heavy atom. The number of fused-ring (bicyclic) bond motifs is 1. The number of anilines is 1. The summed E-state index contributed by atoms with van der Waals surface area (Å²) in [6.07, 6.45) is 1.47. The molecule has 3 rings (SSSR count). The molecule has 0 atom stereocenters. The van der Waals surface area contributed by atoms with Crippen molar-refractivity contribution in [2.24, 2.45) is 0 Å². The molecule has 5 heteroatoms. The van der Waals surface area contributed by atoms with E-state index in [0.717, 1.165) is 12.0 Å². The summed E-state index contributed by atoms with van der Waals surface area (Å²) in [6, 6.07) is 13.5. The molecule has 0 bridgehead atoms. The number of nitrogens with one attached hydrogen (secondary N) is 1. The molecule has 0 saturated heterocycles. The van der Waals surface area contributed by atoms with Crippen molar-refractivity contribution >= 4 is 22.6 Å². The van der Waals surface area contributed by atoms with Crippen LogP contribution in [0.5, 0.6) is 0 Å². The first-order chi connectivity index (χ1) is 11.5. The normalized spacial score (nSPS) is 10.9. The van der Waals surface area contributed by atoms with Crippen LogP contribution < -0.4 is 11.2 Å². The van der Waals surface area contributed by atoms with Crippen molar-refractivity contribution in [1.29, 1.82) is 0 Å². The molecule has 0 fully saturated rings. The summed E-state index contributed by atoms with van der Waals surface area (Å²) in [5, 5.41) is 9.73. The molecular formula is C19H18N2O3. The Balaban J connectivity index is 2.13. The van der Waals surface area contributed by atoms with E-state index in [1.54, 1.807) is 6.07 Å². The zero-order chi connectivity index (χ0) is 17.3. The lowest BCUT2D eigenvalue weighted by molar-refractivity contribution is 0.0690. The fraction of sp³-hybridized carbons (Fsp3) is 0.158. The first-order valence-corrected chi connectivity index (χ1v) is 7.70. The number of hydrogen-bond acceptors (Lipinski definition) is 3. The van der Waals surface area contributed by atoms with E-state index in [2.05, 4.69) is 4.98 Å². The Morgan fingerprint density at radius 1 is 1.12 bits per heavy atom. The van der Waals surface area contributed by atoms with Gasteiger partial charge in [0.15, 0.2) is 5.43 Å². The summed E-state index contributed by atoms with van der Waals surface area (Å²) in [7, 11) is 0.